The molecule has 2 aromatic carbocycles. The van der Waals surface area contributed by atoms with Gasteiger partial charge in [-0.15, -0.1) is 0 Å². The van der Waals surface area contributed by atoms with E-state index in [1.54, 1.807) is 17.0 Å². The third kappa shape index (κ3) is 5.70. The SMILES string of the molecule is COc1ccc(F)cc1S(=O)(=O)NCC1CCN(C(=O)COc2ccccc2)CC1. The number of sulfonamides is 1. The van der Waals surface area contributed by atoms with Crippen LogP contribution in [0.3, 0.4) is 0 Å². The van der Waals surface area contributed by atoms with Gasteiger partial charge in [-0.2, -0.15) is 0 Å². The van der Waals surface area contributed by atoms with Crippen molar-refractivity contribution in [2.75, 3.05) is 33.4 Å². The van der Waals surface area contributed by atoms with Crippen LogP contribution in [0.25, 0.3) is 0 Å². The van der Waals surface area contributed by atoms with E-state index in [9.17, 15) is 17.6 Å². The van der Waals surface area contributed by atoms with Gasteiger partial charge in [-0.05, 0) is 49.1 Å². The van der Waals surface area contributed by atoms with Crippen molar-refractivity contribution in [2.24, 2.45) is 5.92 Å². The van der Waals surface area contributed by atoms with E-state index in [1.165, 1.54) is 13.2 Å². The fraction of sp³-hybridized carbons (Fsp3) is 0.381. The van der Waals surface area contributed by atoms with Crippen molar-refractivity contribution in [2.45, 2.75) is 17.7 Å². The first-order chi connectivity index (χ1) is 14.4. The summed E-state index contributed by atoms with van der Waals surface area (Å²) in [7, 11) is -2.58. The van der Waals surface area contributed by atoms with Crippen LogP contribution in [0.4, 0.5) is 4.39 Å². The fourth-order valence-electron chi connectivity index (χ4n) is 3.31. The van der Waals surface area contributed by atoms with E-state index in [0.29, 0.717) is 31.7 Å². The monoisotopic (exact) mass is 436 g/mol. The minimum absolute atomic E-state index is 0.0271. The average molecular weight is 437 g/mol. The molecule has 1 saturated heterocycles. The van der Waals surface area contributed by atoms with E-state index >= 15 is 0 Å². The molecular formula is C21H25FN2O5S. The van der Waals surface area contributed by atoms with E-state index in [1.807, 2.05) is 18.2 Å². The molecule has 0 bridgehead atoms. The summed E-state index contributed by atoms with van der Waals surface area (Å²) in [4.78, 5) is 13.8. The predicted octanol–water partition coefficient (Wildman–Crippen LogP) is 2.43. The van der Waals surface area contributed by atoms with Gasteiger partial charge < -0.3 is 14.4 Å². The Bertz CT molecular complexity index is 961. The summed E-state index contributed by atoms with van der Waals surface area (Å²) < 4.78 is 51.7. The zero-order chi connectivity index (χ0) is 21.6. The van der Waals surface area contributed by atoms with Gasteiger partial charge in [0.25, 0.3) is 5.91 Å². The molecule has 0 unspecified atom stereocenters. The Balaban J connectivity index is 1.48. The minimum atomic E-state index is -3.91. The first-order valence-corrected chi connectivity index (χ1v) is 11.2. The fourth-order valence-corrected chi connectivity index (χ4v) is 4.60. The first-order valence-electron chi connectivity index (χ1n) is 9.68. The van der Waals surface area contributed by atoms with Crippen LogP contribution < -0.4 is 14.2 Å². The number of para-hydroxylation sites is 1. The maximum absolute atomic E-state index is 13.5. The number of hydrogen-bond donors (Lipinski definition) is 1. The number of likely N-dealkylation sites (tertiary alicyclic amines) is 1. The van der Waals surface area contributed by atoms with Gasteiger partial charge in [-0.1, -0.05) is 18.2 Å². The Morgan fingerprint density at radius 3 is 2.53 bits per heavy atom. The number of ether oxygens (including phenoxy) is 2. The molecule has 0 aliphatic carbocycles. The summed E-state index contributed by atoms with van der Waals surface area (Å²) in [5.74, 6) is 0.0622. The van der Waals surface area contributed by atoms with Gasteiger partial charge >= 0.3 is 0 Å². The van der Waals surface area contributed by atoms with Gasteiger partial charge in [0.2, 0.25) is 10.0 Å². The number of halogens is 1. The average Bonchev–Trinajstić information content (AvgIpc) is 2.77. The topological polar surface area (TPSA) is 84.9 Å². The molecule has 9 heteroatoms. The zero-order valence-corrected chi connectivity index (χ0v) is 17.5. The molecule has 0 spiro atoms. The van der Waals surface area contributed by atoms with Gasteiger partial charge in [-0.25, -0.2) is 17.5 Å². The highest BCUT2D eigenvalue weighted by Gasteiger charge is 2.26. The molecule has 1 fully saturated rings. The van der Waals surface area contributed by atoms with E-state index in [2.05, 4.69) is 4.72 Å². The van der Waals surface area contributed by atoms with Gasteiger partial charge in [0.1, 0.15) is 22.2 Å². The molecule has 1 aliphatic heterocycles. The third-order valence-corrected chi connectivity index (χ3v) is 6.49. The predicted molar refractivity (Wildman–Crippen MR) is 109 cm³/mol. The van der Waals surface area contributed by atoms with Crippen LogP contribution in [0, 0.1) is 11.7 Å². The van der Waals surface area contributed by atoms with Gasteiger partial charge in [0, 0.05) is 19.6 Å². The molecule has 1 N–H and O–H groups in total. The molecule has 3 rings (SSSR count). The number of nitrogens with zero attached hydrogens (tertiary/aromatic N) is 1. The van der Waals surface area contributed by atoms with Crippen LogP contribution in [0.1, 0.15) is 12.8 Å². The van der Waals surface area contributed by atoms with Crippen molar-refractivity contribution in [3.63, 3.8) is 0 Å². The Hall–Kier alpha value is -2.65. The van der Waals surface area contributed by atoms with Crippen molar-refractivity contribution in [1.29, 1.82) is 0 Å². The molecule has 30 heavy (non-hydrogen) atoms. The van der Waals surface area contributed by atoms with E-state index in [4.69, 9.17) is 9.47 Å². The lowest BCUT2D eigenvalue weighted by Gasteiger charge is -2.32. The number of carbonyl (C=O) groups is 1. The largest absolute Gasteiger partial charge is 0.495 e. The number of piperidine rings is 1. The van der Waals surface area contributed by atoms with E-state index in [-0.39, 0.29) is 35.6 Å². The number of carbonyl (C=O) groups excluding carboxylic acids is 1. The molecule has 162 valence electrons. The molecule has 0 aromatic heterocycles. The molecule has 0 atom stereocenters. The van der Waals surface area contributed by atoms with Crippen molar-refractivity contribution in [3.05, 3.63) is 54.3 Å². The molecule has 7 nitrogen and oxygen atoms in total. The standard InChI is InChI=1S/C21H25FN2O5S/c1-28-19-8-7-17(22)13-20(19)30(26,27)23-14-16-9-11-24(12-10-16)21(25)15-29-18-5-3-2-4-6-18/h2-8,13,16,23H,9-12,14-15H2,1H3. The summed E-state index contributed by atoms with van der Waals surface area (Å²) >= 11 is 0. The molecule has 0 radical (unpaired) electrons. The second-order valence-corrected chi connectivity index (χ2v) is 8.81. The maximum atomic E-state index is 13.5. The Morgan fingerprint density at radius 2 is 1.87 bits per heavy atom. The van der Waals surface area contributed by atoms with Crippen LogP contribution in [-0.4, -0.2) is 52.6 Å². The van der Waals surface area contributed by atoms with Crippen molar-refractivity contribution in [3.8, 4) is 11.5 Å². The second kappa shape index (κ2) is 9.90. The molecule has 1 heterocycles. The minimum Gasteiger partial charge on any atom is -0.495 e. The number of benzene rings is 2. The van der Waals surface area contributed by atoms with Crippen LogP contribution >= 0.6 is 0 Å². The Labute approximate surface area is 175 Å². The van der Waals surface area contributed by atoms with Crippen LogP contribution in [0.15, 0.2) is 53.4 Å². The quantitative estimate of drug-likeness (QED) is 0.687. The lowest BCUT2D eigenvalue weighted by atomic mass is 9.97. The number of rotatable bonds is 8. The molecule has 2 aromatic rings. The number of hydrogen-bond acceptors (Lipinski definition) is 5. The molecular weight excluding hydrogens is 411 g/mol. The highest BCUT2D eigenvalue weighted by atomic mass is 32.2. The van der Waals surface area contributed by atoms with Crippen LogP contribution in [-0.2, 0) is 14.8 Å². The highest BCUT2D eigenvalue weighted by molar-refractivity contribution is 7.89. The number of methoxy groups -OCH3 is 1. The molecule has 1 amide bonds. The van der Waals surface area contributed by atoms with Crippen LogP contribution in [0.5, 0.6) is 11.5 Å². The third-order valence-electron chi connectivity index (χ3n) is 5.05. The lowest BCUT2D eigenvalue weighted by molar-refractivity contribution is -0.134. The number of amides is 1. The van der Waals surface area contributed by atoms with Gasteiger partial charge in [0.05, 0.1) is 7.11 Å². The summed E-state index contributed by atoms with van der Waals surface area (Å²) in [5.41, 5.74) is 0. The van der Waals surface area contributed by atoms with Crippen molar-refractivity contribution >= 4 is 15.9 Å². The second-order valence-electron chi connectivity index (χ2n) is 7.07. The summed E-state index contributed by atoms with van der Waals surface area (Å²) in [6.07, 6.45) is 1.33. The molecule has 0 saturated carbocycles. The molecule has 1 aliphatic rings. The highest BCUT2D eigenvalue weighted by Crippen LogP contribution is 2.25. The van der Waals surface area contributed by atoms with E-state index < -0.39 is 15.8 Å². The van der Waals surface area contributed by atoms with Crippen molar-refractivity contribution < 1.29 is 27.1 Å². The number of nitrogens with one attached hydrogen (secondary N) is 1. The van der Waals surface area contributed by atoms with E-state index in [0.717, 1.165) is 12.1 Å². The van der Waals surface area contributed by atoms with Crippen LogP contribution in [0.2, 0.25) is 0 Å². The summed E-state index contributed by atoms with van der Waals surface area (Å²) in [5, 5.41) is 0. The summed E-state index contributed by atoms with van der Waals surface area (Å²) in [6.45, 7) is 1.25. The van der Waals surface area contributed by atoms with Gasteiger partial charge in [0.15, 0.2) is 6.61 Å². The first kappa shape index (κ1) is 22.0. The summed E-state index contributed by atoms with van der Waals surface area (Å²) in [6, 6.07) is 12.5. The Morgan fingerprint density at radius 1 is 1.17 bits per heavy atom. The van der Waals surface area contributed by atoms with Gasteiger partial charge in [-0.3, -0.25) is 4.79 Å². The smallest absolute Gasteiger partial charge is 0.260 e. The Kier molecular flexibility index (Phi) is 7.28. The van der Waals surface area contributed by atoms with Crippen molar-refractivity contribution in [1.82, 2.24) is 9.62 Å². The normalized spacial score (nSPS) is 15.1. The zero-order valence-electron chi connectivity index (χ0n) is 16.7. The maximum Gasteiger partial charge on any atom is 0.260 e. The lowest BCUT2D eigenvalue weighted by Crippen LogP contribution is -2.43.